The fourth-order valence-corrected chi connectivity index (χ4v) is 2.68. The molecule has 1 saturated heterocycles. The van der Waals surface area contributed by atoms with E-state index in [2.05, 4.69) is 40.4 Å². The van der Waals surface area contributed by atoms with E-state index < -0.39 is 0 Å². The lowest BCUT2D eigenvalue weighted by Gasteiger charge is -2.29. The summed E-state index contributed by atoms with van der Waals surface area (Å²) in [5.41, 5.74) is 2.18. The third-order valence-electron chi connectivity index (χ3n) is 3.51. The number of piperidine rings is 1. The third-order valence-corrected chi connectivity index (χ3v) is 3.51. The molecule has 106 valence electrons. The molecular formula is C15H26N4. The second kappa shape index (κ2) is 7.34. The number of likely N-dealkylation sites (tertiary alicyclic amines) is 1. The highest BCUT2D eigenvalue weighted by atomic mass is 15.2. The molecule has 1 unspecified atom stereocenters. The van der Waals surface area contributed by atoms with Gasteiger partial charge in [0.2, 0.25) is 0 Å². The Bertz CT molecular complexity index is 374. The third kappa shape index (κ3) is 4.71. The van der Waals surface area contributed by atoms with Gasteiger partial charge < -0.3 is 15.5 Å². The summed E-state index contributed by atoms with van der Waals surface area (Å²) in [4.78, 5) is 6.82. The molecule has 1 fully saturated rings. The van der Waals surface area contributed by atoms with Crippen molar-refractivity contribution in [1.82, 2.24) is 9.88 Å². The molecule has 1 aromatic rings. The molecule has 19 heavy (non-hydrogen) atoms. The van der Waals surface area contributed by atoms with Crippen molar-refractivity contribution in [3.05, 3.63) is 18.5 Å². The molecule has 1 aliphatic rings. The van der Waals surface area contributed by atoms with Gasteiger partial charge in [0.05, 0.1) is 23.8 Å². The molecule has 0 bridgehead atoms. The van der Waals surface area contributed by atoms with Crippen molar-refractivity contribution >= 4 is 11.4 Å². The predicted octanol–water partition coefficient (Wildman–Crippen LogP) is 2.80. The molecule has 2 rings (SSSR count). The molecule has 0 saturated carbocycles. The van der Waals surface area contributed by atoms with Crippen molar-refractivity contribution in [2.75, 3.05) is 36.8 Å². The first-order valence-electron chi connectivity index (χ1n) is 7.45. The Kier molecular flexibility index (Phi) is 5.45. The zero-order chi connectivity index (χ0) is 13.5. The monoisotopic (exact) mass is 262 g/mol. The Morgan fingerprint density at radius 2 is 1.95 bits per heavy atom. The zero-order valence-electron chi connectivity index (χ0n) is 12.2. The summed E-state index contributed by atoms with van der Waals surface area (Å²) < 4.78 is 0. The van der Waals surface area contributed by atoms with Crippen LogP contribution in [0.1, 0.15) is 33.1 Å². The first kappa shape index (κ1) is 14.1. The largest absolute Gasteiger partial charge is 0.384 e. The van der Waals surface area contributed by atoms with Crippen LogP contribution in [0.25, 0.3) is 0 Å². The quantitative estimate of drug-likeness (QED) is 0.827. The second-order valence-corrected chi connectivity index (χ2v) is 5.40. The van der Waals surface area contributed by atoms with Crippen molar-refractivity contribution in [3.63, 3.8) is 0 Å². The molecular weight excluding hydrogens is 236 g/mol. The van der Waals surface area contributed by atoms with Crippen LogP contribution in [0.15, 0.2) is 18.5 Å². The summed E-state index contributed by atoms with van der Waals surface area (Å²) in [5.74, 6) is 0. The van der Waals surface area contributed by atoms with E-state index in [-0.39, 0.29) is 0 Å². The summed E-state index contributed by atoms with van der Waals surface area (Å²) in [5, 5.41) is 6.83. The van der Waals surface area contributed by atoms with Gasteiger partial charge in [0.15, 0.2) is 0 Å². The lowest BCUT2D eigenvalue weighted by Crippen LogP contribution is -2.38. The highest BCUT2D eigenvalue weighted by Crippen LogP contribution is 2.15. The highest BCUT2D eigenvalue weighted by molar-refractivity contribution is 5.54. The average Bonchev–Trinajstić information content (AvgIpc) is 2.40. The van der Waals surface area contributed by atoms with E-state index in [9.17, 15) is 0 Å². The number of nitrogens with zero attached hydrogens (tertiary/aromatic N) is 2. The average molecular weight is 262 g/mol. The Hall–Kier alpha value is -1.29. The molecule has 4 nitrogen and oxygen atoms in total. The van der Waals surface area contributed by atoms with Crippen LogP contribution in [0.2, 0.25) is 0 Å². The topological polar surface area (TPSA) is 40.2 Å². The van der Waals surface area contributed by atoms with E-state index in [0.29, 0.717) is 6.04 Å². The SMILES string of the molecule is CCNc1cncc(NC(C)CN2CCCCC2)c1. The Morgan fingerprint density at radius 3 is 2.68 bits per heavy atom. The molecule has 1 aliphatic heterocycles. The smallest absolute Gasteiger partial charge is 0.0549 e. The van der Waals surface area contributed by atoms with Crippen LogP contribution in [0.3, 0.4) is 0 Å². The van der Waals surface area contributed by atoms with Crippen LogP contribution in [0.4, 0.5) is 11.4 Å². The molecule has 1 atom stereocenters. The molecule has 0 radical (unpaired) electrons. The Balaban J connectivity index is 1.83. The lowest BCUT2D eigenvalue weighted by molar-refractivity contribution is 0.223. The minimum absolute atomic E-state index is 0.455. The number of hydrogen-bond acceptors (Lipinski definition) is 4. The molecule has 2 N–H and O–H groups in total. The van der Waals surface area contributed by atoms with Crippen molar-refractivity contribution < 1.29 is 0 Å². The van der Waals surface area contributed by atoms with Gasteiger partial charge in [-0.3, -0.25) is 4.98 Å². The van der Waals surface area contributed by atoms with Crippen LogP contribution >= 0.6 is 0 Å². The number of hydrogen-bond donors (Lipinski definition) is 2. The van der Waals surface area contributed by atoms with E-state index in [1.54, 1.807) is 0 Å². The van der Waals surface area contributed by atoms with Crippen molar-refractivity contribution in [3.8, 4) is 0 Å². The maximum Gasteiger partial charge on any atom is 0.0549 e. The Labute approximate surface area is 116 Å². The van der Waals surface area contributed by atoms with Gasteiger partial charge in [-0.15, -0.1) is 0 Å². The van der Waals surface area contributed by atoms with E-state index in [1.165, 1.54) is 32.4 Å². The molecule has 4 heteroatoms. The van der Waals surface area contributed by atoms with Crippen LogP contribution in [0.5, 0.6) is 0 Å². The summed E-state index contributed by atoms with van der Waals surface area (Å²) in [6.45, 7) is 8.89. The van der Waals surface area contributed by atoms with Gasteiger partial charge >= 0.3 is 0 Å². The Morgan fingerprint density at radius 1 is 1.21 bits per heavy atom. The molecule has 0 amide bonds. The lowest BCUT2D eigenvalue weighted by atomic mass is 10.1. The number of rotatable bonds is 6. The van der Waals surface area contributed by atoms with Gasteiger partial charge in [0.1, 0.15) is 0 Å². The fraction of sp³-hybridized carbons (Fsp3) is 0.667. The summed E-state index contributed by atoms with van der Waals surface area (Å²) in [6, 6.07) is 2.58. The van der Waals surface area contributed by atoms with Crippen molar-refractivity contribution in [2.24, 2.45) is 0 Å². The molecule has 0 aliphatic carbocycles. The number of aromatic nitrogens is 1. The first-order chi connectivity index (χ1) is 9.28. The number of nitrogens with one attached hydrogen (secondary N) is 2. The summed E-state index contributed by atoms with van der Waals surface area (Å²) >= 11 is 0. The van der Waals surface area contributed by atoms with E-state index in [0.717, 1.165) is 24.5 Å². The maximum atomic E-state index is 4.26. The zero-order valence-corrected chi connectivity index (χ0v) is 12.2. The number of anilines is 2. The molecule has 0 aromatic carbocycles. The standard InChI is InChI=1S/C15H26N4/c1-3-17-14-9-15(11-16-10-14)18-13(2)12-19-7-5-4-6-8-19/h9-11,13,17-18H,3-8,12H2,1-2H3. The molecule has 0 spiro atoms. The van der Waals surface area contributed by atoms with Crippen molar-refractivity contribution in [1.29, 1.82) is 0 Å². The highest BCUT2D eigenvalue weighted by Gasteiger charge is 2.13. The van der Waals surface area contributed by atoms with E-state index >= 15 is 0 Å². The normalized spacial score (nSPS) is 18.0. The summed E-state index contributed by atoms with van der Waals surface area (Å²) in [7, 11) is 0. The minimum Gasteiger partial charge on any atom is -0.384 e. The van der Waals surface area contributed by atoms with Gasteiger partial charge in [-0.1, -0.05) is 6.42 Å². The van der Waals surface area contributed by atoms with E-state index in [1.807, 2.05) is 12.4 Å². The predicted molar refractivity (Wildman–Crippen MR) is 81.8 cm³/mol. The second-order valence-electron chi connectivity index (χ2n) is 5.40. The van der Waals surface area contributed by atoms with E-state index in [4.69, 9.17) is 0 Å². The first-order valence-corrected chi connectivity index (χ1v) is 7.45. The van der Waals surface area contributed by atoms with Crippen LogP contribution in [-0.2, 0) is 0 Å². The number of pyridine rings is 1. The van der Waals surface area contributed by atoms with Gasteiger partial charge in [-0.25, -0.2) is 0 Å². The maximum absolute atomic E-state index is 4.26. The van der Waals surface area contributed by atoms with Crippen LogP contribution < -0.4 is 10.6 Å². The van der Waals surface area contributed by atoms with Gasteiger partial charge in [-0.2, -0.15) is 0 Å². The molecule has 1 aromatic heterocycles. The fourth-order valence-electron chi connectivity index (χ4n) is 2.68. The summed E-state index contributed by atoms with van der Waals surface area (Å²) in [6.07, 6.45) is 7.86. The van der Waals surface area contributed by atoms with Gasteiger partial charge in [-0.05, 0) is 45.8 Å². The van der Waals surface area contributed by atoms with Gasteiger partial charge in [0, 0.05) is 19.1 Å². The van der Waals surface area contributed by atoms with Crippen LogP contribution in [-0.4, -0.2) is 42.1 Å². The minimum atomic E-state index is 0.455. The van der Waals surface area contributed by atoms with Crippen LogP contribution in [0, 0.1) is 0 Å². The van der Waals surface area contributed by atoms with Crippen molar-refractivity contribution in [2.45, 2.75) is 39.2 Å². The molecule has 2 heterocycles. The van der Waals surface area contributed by atoms with Gasteiger partial charge in [0.25, 0.3) is 0 Å².